The molecule has 35 heavy (non-hydrogen) atoms. The van der Waals surface area contributed by atoms with Gasteiger partial charge in [0, 0.05) is 44.6 Å². The van der Waals surface area contributed by atoms with Gasteiger partial charge in [-0.3, -0.25) is 14.6 Å². The van der Waals surface area contributed by atoms with E-state index in [4.69, 9.17) is 16.3 Å². The molecule has 1 aliphatic carbocycles. The zero-order valence-corrected chi connectivity index (χ0v) is 19.9. The minimum Gasteiger partial charge on any atom is -0.476 e. The Morgan fingerprint density at radius 3 is 2.51 bits per heavy atom. The first-order valence-corrected chi connectivity index (χ1v) is 11.5. The maximum Gasteiger partial charge on any atom is 0.222 e. The molecule has 1 N–H and O–H groups in total. The van der Waals surface area contributed by atoms with Crippen LogP contribution < -0.4 is 4.74 Å². The number of aliphatic hydroxyl groups is 1. The fourth-order valence-corrected chi connectivity index (χ4v) is 5.58. The number of fused-ring (bicyclic) bond motifs is 3. The van der Waals surface area contributed by atoms with Crippen LogP contribution in [0.1, 0.15) is 34.7 Å². The highest BCUT2D eigenvalue weighted by Gasteiger charge is 2.77. The molecule has 1 aromatic heterocycles. The number of ether oxygens (including phenoxy) is 1. The van der Waals surface area contributed by atoms with Crippen molar-refractivity contribution in [1.29, 1.82) is 5.26 Å². The van der Waals surface area contributed by atoms with E-state index < -0.39 is 28.8 Å². The average Bonchev–Trinajstić information content (AvgIpc) is 3.22. The zero-order valence-electron chi connectivity index (χ0n) is 19.1. The number of amides is 1. The van der Waals surface area contributed by atoms with E-state index >= 15 is 0 Å². The van der Waals surface area contributed by atoms with Gasteiger partial charge in [-0.25, -0.2) is 0 Å². The molecule has 7 nitrogen and oxygen atoms in total. The van der Waals surface area contributed by atoms with Crippen LogP contribution >= 0.6 is 11.6 Å². The maximum atomic E-state index is 14.2. The number of Topliss-reactive ketones (excluding diaryl/α,β-unsaturated/α-hetero) is 1. The quantitative estimate of drug-likeness (QED) is 0.603. The average molecular weight is 488 g/mol. The standard InChI is InChI=1S/C27H22ClN3O4/c1-31(2)22(32)13-20-23(17-6-4-3-5-7-17)27(18-10-8-16(14-29)9-11-18)26(34,25(20)33)24-21(35-27)12-19(28)15-30-24/h3-12,15,20,23,34H,13H2,1-2H3/t20-,23-,26+,27+/m1/s1. The van der Waals surface area contributed by atoms with Gasteiger partial charge in [0.05, 0.1) is 16.7 Å². The Labute approximate surface area is 207 Å². The first-order valence-electron chi connectivity index (χ1n) is 11.1. The predicted octanol–water partition coefficient (Wildman–Crippen LogP) is 3.54. The van der Waals surface area contributed by atoms with Gasteiger partial charge >= 0.3 is 0 Å². The SMILES string of the molecule is CN(C)C(=O)C[C@H]1C(=O)[C@@]2(O)c3ncc(Cl)cc3O[C@@]2(c2ccc(C#N)cc2)[C@@H]1c1ccccc1. The second kappa shape index (κ2) is 8.19. The summed E-state index contributed by atoms with van der Waals surface area (Å²) in [5, 5.41) is 22.0. The number of hydrogen-bond acceptors (Lipinski definition) is 6. The molecule has 1 aliphatic heterocycles. The van der Waals surface area contributed by atoms with Crippen molar-refractivity contribution in [3.63, 3.8) is 0 Å². The summed E-state index contributed by atoms with van der Waals surface area (Å²) >= 11 is 6.18. The summed E-state index contributed by atoms with van der Waals surface area (Å²) in [5.74, 6) is -2.20. The highest BCUT2D eigenvalue weighted by Crippen LogP contribution is 2.67. The van der Waals surface area contributed by atoms with E-state index in [2.05, 4.69) is 11.1 Å². The summed E-state index contributed by atoms with van der Waals surface area (Å²) in [5.41, 5.74) is -2.09. The number of rotatable bonds is 4. The van der Waals surface area contributed by atoms with E-state index in [1.54, 1.807) is 38.4 Å². The molecule has 1 saturated carbocycles. The molecule has 2 aromatic carbocycles. The second-order valence-corrected chi connectivity index (χ2v) is 9.53. The third-order valence-corrected chi connectivity index (χ3v) is 7.21. The molecule has 0 radical (unpaired) electrons. The van der Waals surface area contributed by atoms with Gasteiger partial charge in [0.2, 0.25) is 11.5 Å². The Kier molecular flexibility index (Phi) is 5.39. The number of nitrogens with zero attached hydrogens (tertiary/aromatic N) is 3. The van der Waals surface area contributed by atoms with Crippen LogP contribution in [-0.4, -0.2) is 40.8 Å². The van der Waals surface area contributed by atoms with Crippen LogP contribution in [0.25, 0.3) is 0 Å². The Bertz CT molecular complexity index is 1370. The summed E-state index contributed by atoms with van der Waals surface area (Å²) in [7, 11) is 3.25. The van der Waals surface area contributed by atoms with E-state index in [0.29, 0.717) is 16.1 Å². The summed E-state index contributed by atoms with van der Waals surface area (Å²) in [4.78, 5) is 32.8. The van der Waals surface area contributed by atoms with Gasteiger partial charge in [-0.2, -0.15) is 5.26 Å². The zero-order chi connectivity index (χ0) is 25.0. The molecular formula is C27H22ClN3O4. The Hall–Kier alpha value is -3.73. The molecule has 8 heteroatoms. The summed E-state index contributed by atoms with van der Waals surface area (Å²) in [6, 6.07) is 19.4. The highest BCUT2D eigenvalue weighted by atomic mass is 35.5. The van der Waals surface area contributed by atoms with E-state index in [1.807, 2.05) is 30.3 Å². The fourth-order valence-electron chi connectivity index (χ4n) is 5.43. The Morgan fingerprint density at radius 2 is 1.89 bits per heavy atom. The van der Waals surface area contributed by atoms with E-state index in [9.17, 15) is 20.0 Å². The maximum absolute atomic E-state index is 14.2. The smallest absolute Gasteiger partial charge is 0.222 e. The van der Waals surface area contributed by atoms with Crippen molar-refractivity contribution in [2.45, 2.75) is 23.5 Å². The molecule has 2 aliphatic rings. The van der Waals surface area contributed by atoms with Gasteiger partial charge in [0.15, 0.2) is 11.4 Å². The lowest BCUT2D eigenvalue weighted by molar-refractivity contribution is -0.152. The van der Waals surface area contributed by atoms with Crippen molar-refractivity contribution in [2.75, 3.05) is 14.1 Å². The van der Waals surface area contributed by atoms with Crippen LogP contribution in [0.3, 0.4) is 0 Å². The molecule has 0 unspecified atom stereocenters. The molecular weight excluding hydrogens is 466 g/mol. The first-order chi connectivity index (χ1) is 16.7. The van der Waals surface area contributed by atoms with Crippen molar-refractivity contribution in [3.8, 4) is 11.8 Å². The lowest BCUT2D eigenvalue weighted by atomic mass is 9.71. The molecule has 176 valence electrons. The monoisotopic (exact) mass is 487 g/mol. The van der Waals surface area contributed by atoms with Crippen LogP contribution in [0.5, 0.6) is 5.75 Å². The number of halogens is 1. The van der Waals surface area contributed by atoms with Gasteiger partial charge in [-0.05, 0) is 23.3 Å². The Morgan fingerprint density at radius 1 is 1.20 bits per heavy atom. The summed E-state index contributed by atoms with van der Waals surface area (Å²) < 4.78 is 6.55. The topological polar surface area (TPSA) is 104 Å². The van der Waals surface area contributed by atoms with Gasteiger partial charge < -0.3 is 14.7 Å². The van der Waals surface area contributed by atoms with Gasteiger partial charge in [0.1, 0.15) is 11.4 Å². The van der Waals surface area contributed by atoms with Gasteiger partial charge in [-0.1, -0.05) is 54.1 Å². The van der Waals surface area contributed by atoms with E-state index in [1.165, 1.54) is 17.2 Å². The molecule has 0 saturated heterocycles. The third-order valence-electron chi connectivity index (χ3n) is 7.00. The van der Waals surface area contributed by atoms with E-state index in [0.717, 1.165) is 5.56 Å². The number of pyridine rings is 1. The molecule has 5 rings (SSSR count). The van der Waals surface area contributed by atoms with Crippen LogP contribution in [0.2, 0.25) is 5.02 Å². The lowest BCUT2D eigenvalue weighted by Gasteiger charge is -2.39. The minimum absolute atomic E-state index is 0.0667. The fraction of sp³-hybridized carbons (Fsp3) is 0.259. The number of ketones is 1. The number of benzene rings is 2. The van der Waals surface area contributed by atoms with Crippen molar-refractivity contribution in [2.24, 2.45) is 5.92 Å². The normalized spacial score (nSPS) is 26.4. The van der Waals surface area contributed by atoms with Crippen molar-refractivity contribution >= 4 is 23.3 Å². The second-order valence-electron chi connectivity index (χ2n) is 9.09. The molecule has 4 atom stereocenters. The van der Waals surface area contributed by atoms with Gasteiger partial charge in [-0.15, -0.1) is 0 Å². The number of carbonyl (C=O) groups excluding carboxylic acids is 2. The van der Waals surface area contributed by atoms with Crippen molar-refractivity contribution in [3.05, 3.63) is 94.3 Å². The van der Waals surface area contributed by atoms with E-state index in [-0.39, 0.29) is 23.8 Å². The number of nitriles is 1. The number of aromatic nitrogens is 1. The lowest BCUT2D eigenvalue weighted by Crippen LogP contribution is -2.51. The molecule has 1 fully saturated rings. The van der Waals surface area contributed by atoms with Crippen molar-refractivity contribution in [1.82, 2.24) is 9.88 Å². The van der Waals surface area contributed by atoms with Crippen LogP contribution in [-0.2, 0) is 20.8 Å². The van der Waals surface area contributed by atoms with Crippen LogP contribution in [0.4, 0.5) is 0 Å². The highest BCUT2D eigenvalue weighted by molar-refractivity contribution is 6.30. The first kappa shape index (κ1) is 23.0. The summed E-state index contributed by atoms with van der Waals surface area (Å²) in [6.07, 6.45) is 1.25. The largest absolute Gasteiger partial charge is 0.476 e. The van der Waals surface area contributed by atoms with Crippen LogP contribution in [0.15, 0.2) is 66.9 Å². The Balaban J connectivity index is 1.82. The predicted molar refractivity (Wildman–Crippen MR) is 128 cm³/mol. The molecule has 0 bridgehead atoms. The molecule has 2 heterocycles. The summed E-state index contributed by atoms with van der Waals surface area (Å²) in [6.45, 7) is 0. The molecule has 3 aromatic rings. The third kappa shape index (κ3) is 3.18. The number of carbonyl (C=O) groups is 2. The minimum atomic E-state index is -2.18. The molecule has 0 spiro atoms. The van der Waals surface area contributed by atoms with Crippen LogP contribution in [0, 0.1) is 17.2 Å². The number of hydrogen-bond donors (Lipinski definition) is 1. The molecule has 1 amide bonds. The van der Waals surface area contributed by atoms with Crippen molar-refractivity contribution < 1.29 is 19.4 Å². The van der Waals surface area contributed by atoms with Gasteiger partial charge in [0.25, 0.3) is 0 Å².